The molecule has 3 aromatic rings. The molecule has 0 unspecified atom stereocenters. The lowest BCUT2D eigenvalue weighted by Gasteiger charge is -2.39. The first-order valence-electron chi connectivity index (χ1n) is 11.2. The lowest BCUT2D eigenvalue weighted by Crippen LogP contribution is -2.49. The standard InChI is InChI=1S/C23H31N5O4SSi/c1-23(2,3)34(4,5)32-18-15(11-33)31-22(17(18)29)28-13-26-16-19(24-12-25-20(16)28)27-21(30)14-9-7-6-8-10-14/h6-10,12-13,15,17-18,22,29,33H,11H2,1-5H3,(H,24,25,27,30)/t15-,17-,18-,22-/m1/s1. The summed E-state index contributed by atoms with van der Waals surface area (Å²) in [7, 11) is -2.17. The molecule has 1 fully saturated rings. The van der Waals surface area contributed by atoms with Gasteiger partial charge in [-0.15, -0.1) is 0 Å². The van der Waals surface area contributed by atoms with Crippen LogP contribution >= 0.6 is 12.6 Å². The zero-order valence-corrected chi connectivity index (χ0v) is 21.9. The van der Waals surface area contributed by atoms with Gasteiger partial charge in [0.1, 0.15) is 18.5 Å². The number of aliphatic hydroxyl groups excluding tert-OH is 1. The molecule has 1 aliphatic heterocycles. The molecule has 0 radical (unpaired) electrons. The van der Waals surface area contributed by atoms with Gasteiger partial charge in [-0.05, 0) is 30.3 Å². The van der Waals surface area contributed by atoms with Gasteiger partial charge in [-0.25, -0.2) is 15.0 Å². The maximum absolute atomic E-state index is 12.6. The first kappa shape index (κ1) is 24.8. The number of imidazole rings is 1. The monoisotopic (exact) mass is 501 g/mol. The number of rotatable bonds is 6. The average Bonchev–Trinajstić information content (AvgIpc) is 3.35. The molecule has 0 saturated carbocycles. The Morgan fingerprint density at radius 2 is 1.94 bits per heavy atom. The van der Waals surface area contributed by atoms with Crippen LogP contribution in [0.5, 0.6) is 0 Å². The van der Waals surface area contributed by atoms with Gasteiger partial charge in [-0.3, -0.25) is 9.36 Å². The highest BCUT2D eigenvalue weighted by molar-refractivity contribution is 7.80. The molecule has 0 bridgehead atoms. The van der Waals surface area contributed by atoms with Gasteiger partial charge in [0.05, 0.1) is 12.4 Å². The van der Waals surface area contributed by atoms with Crippen molar-refractivity contribution in [2.75, 3.05) is 11.1 Å². The minimum atomic E-state index is -2.17. The first-order chi connectivity index (χ1) is 16.0. The molecule has 0 spiro atoms. The topological polar surface area (TPSA) is 111 Å². The summed E-state index contributed by atoms with van der Waals surface area (Å²) in [5.41, 5.74) is 1.34. The summed E-state index contributed by atoms with van der Waals surface area (Å²) in [5.74, 6) is 0.377. The van der Waals surface area contributed by atoms with Gasteiger partial charge in [0, 0.05) is 11.3 Å². The van der Waals surface area contributed by atoms with Gasteiger partial charge in [-0.1, -0.05) is 39.0 Å². The number of anilines is 1. The van der Waals surface area contributed by atoms with Crippen molar-refractivity contribution in [2.24, 2.45) is 0 Å². The van der Waals surface area contributed by atoms with Crippen molar-refractivity contribution in [3.05, 3.63) is 48.5 Å². The fraction of sp³-hybridized carbons (Fsp3) is 0.478. The highest BCUT2D eigenvalue weighted by Crippen LogP contribution is 2.42. The van der Waals surface area contributed by atoms with Crippen LogP contribution in [-0.4, -0.2) is 62.9 Å². The molecule has 3 heterocycles. The van der Waals surface area contributed by atoms with E-state index < -0.39 is 32.9 Å². The summed E-state index contributed by atoms with van der Waals surface area (Å²) in [6, 6.07) is 8.86. The Bertz CT molecular complexity index is 1170. The number of amides is 1. The maximum atomic E-state index is 12.6. The van der Waals surface area contributed by atoms with Crippen LogP contribution in [-0.2, 0) is 9.16 Å². The smallest absolute Gasteiger partial charge is 0.256 e. The molecule has 2 aromatic heterocycles. The molecule has 4 atom stereocenters. The van der Waals surface area contributed by atoms with Crippen LogP contribution < -0.4 is 5.32 Å². The minimum Gasteiger partial charge on any atom is -0.408 e. The van der Waals surface area contributed by atoms with Crippen LogP contribution in [0.4, 0.5) is 5.82 Å². The Labute approximate surface area is 205 Å². The van der Waals surface area contributed by atoms with Gasteiger partial charge < -0.3 is 19.6 Å². The van der Waals surface area contributed by atoms with E-state index in [1.54, 1.807) is 28.8 Å². The summed E-state index contributed by atoms with van der Waals surface area (Å²) in [6.07, 6.45) is 0.261. The number of nitrogens with one attached hydrogen (secondary N) is 1. The third-order valence-electron chi connectivity index (χ3n) is 6.63. The summed E-state index contributed by atoms with van der Waals surface area (Å²) >= 11 is 4.44. The molecule has 182 valence electrons. The highest BCUT2D eigenvalue weighted by Gasteiger charge is 2.50. The summed E-state index contributed by atoms with van der Waals surface area (Å²) in [5, 5.41) is 14.0. The average molecular weight is 502 g/mol. The number of aliphatic hydroxyl groups is 1. The molecule has 1 saturated heterocycles. The number of aromatic nitrogens is 4. The molecule has 2 N–H and O–H groups in total. The van der Waals surface area contributed by atoms with Gasteiger partial charge in [0.2, 0.25) is 0 Å². The molecule has 1 aromatic carbocycles. The van der Waals surface area contributed by atoms with E-state index in [4.69, 9.17) is 9.16 Å². The molecule has 0 aliphatic carbocycles. The molecule has 4 rings (SSSR count). The van der Waals surface area contributed by atoms with Crippen molar-refractivity contribution in [3.8, 4) is 0 Å². The van der Waals surface area contributed by atoms with Crippen molar-refractivity contribution in [1.29, 1.82) is 0 Å². The van der Waals surface area contributed by atoms with Gasteiger partial charge in [-0.2, -0.15) is 12.6 Å². The van der Waals surface area contributed by atoms with Gasteiger partial charge in [0.25, 0.3) is 5.91 Å². The van der Waals surface area contributed by atoms with Gasteiger partial charge >= 0.3 is 0 Å². The van der Waals surface area contributed by atoms with Crippen molar-refractivity contribution < 1.29 is 19.1 Å². The number of benzene rings is 1. The fourth-order valence-electron chi connectivity index (χ4n) is 3.66. The minimum absolute atomic E-state index is 0.0211. The van der Waals surface area contributed by atoms with Crippen LogP contribution in [0.1, 0.15) is 37.4 Å². The lowest BCUT2D eigenvalue weighted by atomic mass is 10.1. The number of carbonyl (C=O) groups excluding carboxylic acids is 1. The Hall–Kier alpha value is -2.31. The highest BCUT2D eigenvalue weighted by atomic mass is 32.1. The largest absolute Gasteiger partial charge is 0.408 e. The molecule has 34 heavy (non-hydrogen) atoms. The molecule has 1 aliphatic rings. The summed E-state index contributed by atoms with van der Waals surface area (Å²) in [4.78, 5) is 25.6. The van der Waals surface area contributed by atoms with E-state index in [0.29, 0.717) is 22.5 Å². The summed E-state index contributed by atoms with van der Waals surface area (Å²) in [6.45, 7) is 10.7. The third kappa shape index (κ3) is 4.62. The van der Waals surface area contributed by atoms with E-state index in [2.05, 4.69) is 66.8 Å². The number of ether oxygens (including phenoxy) is 1. The van der Waals surface area contributed by atoms with Crippen molar-refractivity contribution in [1.82, 2.24) is 19.5 Å². The van der Waals surface area contributed by atoms with Crippen molar-refractivity contribution in [3.63, 3.8) is 0 Å². The second-order valence-corrected chi connectivity index (χ2v) is 15.1. The number of carbonyl (C=O) groups is 1. The first-order valence-corrected chi connectivity index (χ1v) is 14.7. The Morgan fingerprint density at radius 3 is 2.59 bits per heavy atom. The second kappa shape index (κ2) is 9.38. The number of fused-ring (bicyclic) bond motifs is 1. The Balaban J connectivity index is 1.61. The molecule has 9 nitrogen and oxygen atoms in total. The molecule has 1 amide bonds. The number of hydrogen-bond donors (Lipinski definition) is 3. The predicted molar refractivity (Wildman–Crippen MR) is 136 cm³/mol. The zero-order valence-electron chi connectivity index (χ0n) is 20.0. The third-order valence-corrected chi connectivity index (χ3v) is 11.5. The second-order valence-electron chi connectivity index (χ2n) is 9.95. The van der Waals surface area contributed by atoms with E-state index in [1.165, 1.54) is 12.7 Å². The maximum Gasteiger partial charge on any atom is 0.256 e. The van der Waals surface area contributed by atoms with Crippen molar-refractivity contribution >= 4 is 43.8 Å². The molecular formula is C23H31N5O4SSi. The van der Waals surface area contributed by atoms with E-state index in [0.717, 1.165) is 0 Å². The van der Waals surface area contributed by atoms with E-state index >= 15 is 0 Å². The van der Waals surface area contributed by atoms with E-state index in [1.807, 2.05) is 6.07 Å². The SMILES string of the molecule is CC(C)(C)[Si](C)(C)O[C@H]1[C@@H](O)[C@H](n2cnc3c(NC(=O)c4ccccc4)ncnc32)O[C@@H]1CS. The molecular weight excluding hydrogens is 470 g/mol. The van der Waals surface area contributed by atoms with Crippen LogP contribution in [0.2, 0.25) is 18.1 Å². The fourth-order valence-corrected chi connectivity index (χ4v) is 5.28. The zero-order chi connectivity index (χ0) is 24.7. The summed E-state index contributed by atoms with van der Waals surface area (Å²) < 4.78 is 14.4. The van der Waals surface area contributed by atoms with E-state index in [-0.39, 0.29) is 16.8 Å². The Morgan fingerprint density at radius 1 is 1.24 bits per heavy atom. The molecule has 11 heteroatoms. The van der Waals surface area contributed by atoms with Crippen LogP contribution in [0.15, 0.2) is 43.0 Å². The number of hydrogen-bond acceptors (Lipinski definition) is 8. The number of thiol groups is 1. The predicted octanol–water partition coefficient (Wildman–Crippen LogP) is 3.66. The van der Waals surface area contributed by atoms with Crippen molar-refractivity contribution in [2.45, 2.75) is 63.4 Å². The quantitative estimate of drug-likeness (QED) is 0.349. The van der Waals surface area contributed by atoms with E-state index in [9.17, 15) is 9.90 Å². The normalized spacial score (nSPS) is 23.4. The van der Waals surface area contributed by atoms with Crippen LogP contribution in [0.3, 0.4) is 0 Å². The Kier molecular flexibility index (Phi) is 6.84. The van der Waals surface area contributed by atoms with Gasteiger partial charge in [0.15, 0.2) is 31.5 Å². The van der Waals surface area contributed by atoms with Crippen LogP contribution in [0.25, 0.3) is 11.2 Å². The lowest BCUT2D eigenvalue weighted by molar-refractivity contribution is -0.0287. The van der Waals surface area contributed by atoms with Crippen LogP contribution in [0, 0.1) is 0 Å². The number of nitrogens with zero attached hydrogens (tertiary/aromatic N) is 4.